The largest absolute Gasteiger partial charge is 0.351 e. The Morgan fingerprint density at radius 1 is 1.42 bits per heavy atom. The molecule has 0 radical (unpaired) electrons. The second-order valence-corrected chi connectivity index (χ2v) is 5.53. The van der Waals surface area contributed by atoms with Crippen LogP contribution in [0.3, 0.4) is 0 Å². The molecule has 0 spiro atoms. The summed E-state index contributed by atoms with van der Waals surface area (Å²) in [6.07, 6.45) is 0.991. The first-order valence-corrected chi connectivity index (χ1v) is 6.87. The van der Waals surface area contributed by atoms with Crippen LogP contribution in [-0.4, -0.2) is 37.0 Å². The summed E-state index contributed by atoms with van der Waals surface area (Å²) in [5.74, 6) is 0.387. The Bertz CT molecular complexity index is 421. The number of hydrogen-bond acceptors (Lipinski definition) is 3. The van der Waals surface area contributed by atoms with Gasteiger partial charge in [0.2, 0.25) is 5.91 Å². The predicted molar refractivity (Wildman–Crippen MR) is 76.6 cm³/mol. The van der Waals surface area contributed by atoms with Crippen molar-refractivity contribution in [2.75, 3.05) is 20.1 Å². The highest BCUT2D eigenvalue weighted by atomic mass is 16.2. The first-order valence-electron chi connectivity index (χ1n) is 6.87. The fourth-order valence-corrected chi connectivity index (χ4v) is 2.65. The minimum absolute atomic E-state index is 0.0763. The summed E-state index contributed by atoms with van der Waals surface area (Å²) in [6.45, 7) is 4.22. The van der Waals surface area contributed by atoms with E-state index in [-0.39, 0.29) is 11.9 Å². The van der Waals surface area contributed by atoms with Gasteiger partial charge in [0.1, 0.15) is 6.04 Å². The molecule has 0 aromatic heterocycles. The van der Waals surface area contributed by atoms with Crippen molar-refractivity contribution in [3.05, 3.63) is 35.9 Å². The summed E-state index contributed by atoms with van der Waals surface area (Å²) < 4.78 is 0. The Labute approximate surface area is 115 Å². The van der Waals surface area contributed by atoms with Gasteiger partial charge in [0.05, 0.1) is 0 Å². The van der Waals surface area contributed by atoms with E-state index in [2.05, 4.69) is 24.2 Å². The van der Waals surface area contributed by atoms with E-state index in [0.29, 0.717) is 5.92 Å². The zero-order valence-electron chi connectivity index (χ0n) is 11.7. The molecule has 0 saturated carbocycles. The number of nitrogens with zero attached hydrogens (tertiary/aromatic N) is 1. The Morgan fingerprint density at radius 2 is 2.11 bits per heavy atom. The molecule has 2 rings (SSSR count). The third-order valence-corrected chi connectivity index (χ3v) is 3.88. The molecule has 3 atom stereocenters. The van der Waals surface area contributed by atoms with E-state index in [4.69, 9.17) is 5.73 Å². The van der Waals surface area contributed by atoms with Crippen molar-refractivity contribution in [2.24, 2.45) is 11.7 Å². The highest BCUT2D eigenvalue weighted by molar-refractivity contribution is 5.83. The molecule has 19 heavy (non-hydrogen) atoms. The zero-order chi connectivity index (χ0) is 13.8. The van der Waals surface area contributed by atoms with Gasteiger partial charge in [-0.3, -0.25) is 4.79 Å². The quantitative estimate of drug-likeness (QED) is 0.858. The minimum atomic E-state index is -0.576. The number of carbonyl (C=O) groups excluding carboxylic acids is 1. The summed E-state index contributed by atoms with van der Waals surface area (Å²) in [6, 6.07) is 9.17. The summed E-state index contributed by atoms with van der Waals surface area (Å²) >= 11 is 0. The average molecular weight is 261 g/mol. The number of hydrogen-bond donors (Lipinski definition) is 2. The summed E-state index contributed by atoms with van der Waals surface area (Å²) in [5, 5.41) is 3.10. The molecule has 4 heteroatoms. The van der Waals surface area contributed by atoms with Gasteiger partial charge in [-0.25, -0.2) is 0 Å². The van der Waals surface area contributed by atoms with Crippen LogP contribution in [-0.2, 0) is 4.79 Å². The highest BCUT2D eigenvalue weighted by Crippen LogP contribution is 2.17. The number of piperidine rings is 1. The Hall–Kier alpha value is -1.39. The number of carbonyl (C=O) groups is 1. The summed E-state index contributed by atoms with van der Waals surface area (Å²) in [4.78, 5) is 14.5. The van der Waals surface area contributed by atoms with Crippen LogP contribution >= 0.6 is 0 Å². The zero-order valence-corrected chi connectivity index (χ0v) is 11.7. The van der Waals surface area contributed by atoms with E-state index in [9.17, 15) is 4.79 Å². The standard InChI is InChI=1S/C15H23N3O/c1-11-10-18(2)9-8-13(11)17-15(19)14(16)12-6-4-3-5-7-12/h3-7,11,13-14H,8-10,16H2,1-2H3,(H,17,19)/t11?,13?,14-/m1/s1. The number of nitrogens with two attached hydrogens (primary N) is 1. The van der Waals surface area contributed by atoms with Crippen molar-refractivity contribution in [2.45, 2.75) is 25.4 Å². The average Bonchev–Trinajstić information content (AvgIpc) is 2.42. The number of likely N-dealkylation sites (tertiary alicyclic amines) is 1. The molecular weight excluding hydrogens is 238 g/mol. The van der Waals surface area contributed by atoms with Crippen molar-refractivity contribution < 1.29 is 4.79 Å². The second kappa shape index (κ2) is 6.17. The molecule has 0 aliphatic carbocycles. The molecule has 1 aromatic carbocycles. The number of benzene rings is 1. The maximum absolute atomic E-state index is 12.2. The molecule has 1 saturated heterocycles. The fourth-order valence-electron chi connectivity index (χ4n) is 2.65. The van der Waals surface area contributed by atoms with Crippen LogP contribution in [0, 0.1) is 5.92 Å². The lowest BCUT2D eigenvalue weighted by molar-refractivity contribution is -0.123. The van der Waals surface area contributed by atoms with E-state index in [1.807, 2.05) is 30.3 Å². The van der Waals surface area contributed by atoms with E-state index in [1.54, 1.807) is 0 Å². The highest BCUT2D eigenvalue weighted by Gasteiger charge is 2.27. The van der Waals surface area contributed by atoms with Crippen molar-refractivity contribution >= 4 is 5.91 Å². The van der Waals surface area contributed by atoms with E-state index < -0.39 is 6.04 Å². The number of amides is 1. The van der Waals surface area contributed by atoms with E-state index >= 15 is 0 Å². The smallest absolute Gasteiger partial charge is 0.241 e. The lowest BCUT2D eigenvalue weighted by atomic mass is 9.93. The summed E-state index contributed by atoms with van der Waals surface area (Å²) in [5.41, 5.74) is 6.87. The molecule has 1 aromatic rings. The van der Waals surface area contributed by atoms with Crippen molar-refractivity contribution in [1.82, 2.24) is 10.2 Å². The SMILES string of the molecule is CC1CN(C)CCC1NC(=O)[C@H](N)c1ccccc1. The summed E-state index contributed by atoms with van der Waals surface area (Å²) in [7, 11) is 2.12. The van der Waals surface area contributed by atoms with Gasteiger partial charge in [0.25, 0.3) is 0 Å². The van der Waals surface area contributed by atoms with Gasteiger partial charge in [0, 0.05) is 12.6 Å². The van der Waals surface area contributed by atoms with Gasteiger partial charge in [-0.1, -0.05) is 37.3 Å². The van der Waals surface area contributed by atoms with Crippen molar-refractivity contribution in [1.29, 1.82) is 0 Å². The van der Waals surface area contributed by atoms with Gasteiger partial charge in [-0.2, -0.15) is 0 Å². The lowest BCUT2D eigenvalue weighted by Gasteiger charge is -2.35. The maximum atomic E-state index is 12.2. The van der Waals surface area contributed by atoms with Crippen LogP contribution in [0.1, 0.15) is 24.9 Å². The minimum Gasteiger partial charge on any atom is -0.351 e. The van der Waals surface area contributed by atoms with Crippen LogP contribution in [0.25, 0.3) is 0 Å². The van der Waals surface area contributed by atoms with Crippen LogP contribution in [0.5, 0.6) is 0 Å². The molecule has 3 N–H and O–H groups in total. The molecular formula is C15H23N3O. The molecule has 2 unspecified atom stereocenters. The molecule has 104 valence electrons. The van der Waals surface area contributed by atoms with Gasteiger partial charge in [-0.15, -0.1) is 0 Å². The molecule has 1 aliphatic heterocycles. The Morgan fingerprint density at radius 3 is 2.74 bits per heavy atom. The third kappa shape index (κ3) is 3.55. The lowest BCUT2D eigenvalue weighted by Crippen LogP contribution is -2.50. The monoisotopic (exact) mass is 261 g/mol. The van der Waals surface area contributed by atoms with E-state index in [1.165, 1.54) is 0 Å². The predicted octanol–water partition coefficient (Wildman–Crippen LogP) is 1.14. The number of nitrogens with one attached hydrogen (secondary N) is 1. The van der Waals surface area contributed by atoms with E-state index in [0.717, 1.165) is 25.1 Å². The number of rotatable bonds is 3. The first-order chi connectivity index (χ1) is 9.08. The van der Waals surface area contributed by atoms with Crippen LogP contribution < -0.4 is 11.1 Å². The van der Waals surface area contributed by atoms with Gasteiger partial charge in [0.15, 0.2) is 0 Å². The van der Waals surface area contributed by atoms with Crippen molar-refractivity contribution in [3.63, 3.8) is 0 Å². The molecule has 1 aliphatic rings. The first kappa shape index (κ1) is 14.0. The molecule has 4 nitrogen and oxygen atoms in total. The molecule has 1 heterocycles. The molecule has 0 bridgehead atoms. The second-order valence-electron chi connectivity index (χ2n) is 5.53. The van der Waals surface area contributed by atoms with Crippen LogP contribution in [0.4, 0.5) is 0 Å². The third-order valence-electron chi connectivity index (χ3n) is 3.88. The van der Waals surface area contributed by atoms with Crippen LogP contribution in [0.15, 0.2) is 30.3 Å². The van der Waals surface area contributed by atoms with Gasteiger partial charge < -0.3 is 16.0 Å². The van der Waals surface area contributed by atoms with Gasteiger partial charge >= 0.3 is 0 Å². The Kier molecular flexibility index (Phi) is 4.56. The maximum Gasteiger partial charge on any atom is 0.241 e. The topological polar surface area (TPSA) is 58.4 Å². The van der Waals surface area contributed by atoms with Gasteiger partial charge in [-0.05, 0) is 31.5 Å². The van der Waals surface area contributed by atoms with Crippen molar-refractivity contribution in [3.8, 4) is 0 Å². The fraction of sp³-hybridized carbons (Fsp3) is 0.533. The normalized spacial score (nSPS) is 25.8. The Balaban J connectivity index is 1.94. The van der Waals surface area contributed by atoms with Crippen LogP contribution in [0.2, 0.25) is 0 Å². The molecule has 1 amide bonds. The molecule has 1 fully saturated rings.